The molecule has 3 N–H and O–H groups in total. The number of sulfonamides is 1. The summed E-state index contributed by atoms with van der Waals surface area (Å²) in [7, 11) is -3.24. The molecular weight excluding hydrogens is 509 g/mol. The zero-order valence-corrected chi connectivity index (χ0v) is 22.6. The Morgan fingerprint density at radius 3 is 2.61 bits per heavy atom. The molecule has 0 bridgehead atoms. The van der Waals surface area contributed by atoms with Gasteiger partial charge in [0, 0.05) is 43.1 Å². The second-order valence-corrected chi connectivity index (χ2v) is 12.3. The Bertz CT molecular complexity index is 1420. The highest BCUT2D eigenvalue weighted by Gasteiger charge is 2.31. The van der Waals surface area contributed by atoms with Gasteiger partial charge in [-0.2, -0.15) is 4.98 Å². The summed E-state index contributed by atoms with van der Waals surface area (Å²) >= 11 is 0. The van der Waals surface area contributed by atoms with Crippen LogP contribution in [0.2, 0.25) is 0 Å². The zero-order chi connectivity index (χ0) is 27.0. The summed E-state index contributed by atoms with van der Waals surface area (Å²) in [4.78, 5) is 17.4. The van der Waals surface area contributed by atoms with Gasteiger partial charge in [0.1, 0.15) is 17.8 Å². The van der Waals surface area contributed by atoms with Crippen LogP contribution in [-0.4, -0.2) is 78.7 Å². The van der Waals surface area contributed by atoms with Crippen molar-refractivity contribution < 1.29 is 17.9 Å². The highest BCUT2D eigenvalue weighted by Crippen LogP contribution is 2.36. The summed E-state index contributed by atoms with van der Waals surface area (Å²) in [5.74, 6) is 1.92. The average molecular weight is 544 g/mol. The molecule has 5 rings (SSSR count). The fourth-order valence-electron chi connectivity index (χ4n) is 4.96. The van der Waals surface area contributed by atoms with Crippen LogP contribution in [0.15, 0.2) is 36.7 Å². The van der Waals surface area contributed by atoms with Crippen molar-refractivity contribution in [1.82, 2.24) is 19.7 Å². The van der Waals surface area contributed by atoms with Gasteiger partial charge in [-0.15, -0.1) is 0 Å². The Morgan fingerprint density at radius 2 is 1.89 bits per heavy atom. The predicted octanol–water partition coefficient (Wildman–Crippen LogP) is 2.93. The lowest BCUT2D eigenvalue weighted by atomic mass is 9.94. The number of halogens is 1. The van der Waals surface area contributed by atoms with Gasteiger partial charge in [0.05, 0.1) is 24.4 Å². The van der Waals surface area contributed by atoms with E-state index in [1.54, 1.807) is 24.1 Å². The first kappa shape index (κ1) is 26.5. The molecule has 2 aliphatic heterocycles. The Kier molecular flexibility index (Phi) is 7.38. The van der Waals surface area contributed by atoms with Gasteiger partial charge in [-0.25, -0.2) is 27.5 Å². The summed E-state index contributed by atoms with van der Waals surface area (Å²) in [5, 5.41) is 15.0. The number of benzene rings is 1. The first-order valence-corrected chi connectivity index (χ1v) is 14.6. The van der Waals surface area contributed by atoms with E-state index in [9.17, 15) is 17.9 Å². The van der Waals surface area contributed by atoms with Crippen molar-refractivity contribution >= 4 is 44.1 Å². The topological polar surface area (TPSA) is 124 Å². The number of piperidine rings is 1. The zero-order valence-electron chi connectivity index (χ0n) is 21.8. The maximum absolute atomic E-state index is 14.0. The number of aromatic nitrogens is 3. The fraction of sp³-hybridized carbons (Fsp3) is 0.500. The number of nitrogens with zero attached hydrogens (tertiary/aromatic N) is 5. The number of anilines is 4. The lowest BCUT2D eigenvalue weighted by Crippen LogP contribution is -2.59. The molecule has 0 amide bonds. The van der Waals surface area contributed by atoms with Crippen molar-refractivity contribution in [2.45, 2.75) is 51.4 Å². The van der Waals surface area contributed by atoms with Crippen LogP contribution in [0.3, 0.4) is 0 Å². The van der Waals surface area contributed by atoms with E-state index in [1.807, 2.05) is 12.3 Å². The van der Waals surface area contributed by atoms with E-state index in [-0.39, 0.29) is 24.3 Å². The second-order valence-electron chi connectivity index (χ2n) is 10.3. The third kappa shape index (κ3) is 5.52. The quantitative estimate of drug-likeness (QED) is 0.393. The maximum Gasteiger partial charge on any atom is 0.227 e. The molecule has 2 unspecified atom stereocenters. The van der Waals surface area contributed by atoms with Crippen LogP contribution in [0.4, 0.5) is 27.7 Å². The molecule has 1 aromatic carbocycles. The first-order valence-electron chi connectivity index (χ1n) is 13.0. The number of aliphatic hydroxyl groups is 1. The van der Waals surface area contributed by atoms with Gasteiger partial charge in [-0.3, -0.25) is 0 Å². The number of nitrogens with one attached hydrogen (secondary N) is 2. The molecule has 0 spiro atoms. The van der Waals surface area contributed by atoms with Crippen LogP contribution in [0.5, 0.6) is 0 Å². The monoisotopic (exact) mass is 543 g/mol. The molecular formula is C26H34FN7O3S. The van der Waals surface area contributed by atoms with E-state index < -0.39 is 22.3 Å². The molecule has 2 aliphatic rings. The Balaban J connectivity index is 1.38. The van der Waals surface area contributed by atoms with Crippen LogP contribution < -0.4 is 19.8 Å². The molecule has 0 radical (unpaired) electrons. The normalized spacial score (nSPS) is 20.7. The number of hydrogen-bond acceptors (Lipinski definition) is 9. The standard InChI is InChI=1S/C26H34FN7O3S/c1-4-38(36,37)32-17-13-34(14-17)22-6-5-18(16(2)3)19-11-25(29-12-20(19)22)30-24-7-9-28-26(31-24)33-10-8-23(35)21(27)15-33/h5-7,9,11-12,16-17,21,23,32,35H,4,8,10,13-15H2,1-3H3,(H,28,29,30,31). The van der Waals surface area contributed by atoms with Gasteiger partial charge in [0.15, 0.2) is 0 Å². The minimum Gasteiger partial charge on any atom is -0.390 e. The summed E-state index contributed by atoms with van der Waals surface area (Å²) < 4.78 is 40.6. The van der Waals surface area contributed by atoms with Gasteiger partial charge in [0.25, 0.3) is 0 Å². The molecule has 0 aliphatic carbocycles. The molecule has 204 valence electrons. The minimum atomic E-state index is -3.24. The molecule has 38 heavy (non-hydrogen) atoms. The molecule has 2 saturated heterocycles. The number of fused-ring (bicyclic) bond motifs is 1. The molecule has 12 heteroatoms. The number of aliphatic hydroxyl groups excluding tert-OH is 1. The van der Waals surface area contributed by atoms with Crippen LogP contribution in [-0.2, 0) is 10.0 Å². The fourth-order valence-corrected chi connectivity index (χ4v) is 5.78. The van der Waals surface area contributed by atoms with E-state index >= 15 is 0 Å². The Morgan fingerprint density at radius 1 is 1.11 bits per heavy atom. The molecule has 0 saturated carbocycles. The lowest BCUT2D eigenvalue weighted by molar-refractivity contribution is 0.0612. The van der Waals surface area contributed by atoms with Crippen LogP contribution >= 0.6 is 0 Å². The van der Waals surface area contributed by atoms with Crippen molar-refractivity contribution in [2.24, 2.45) is 0 Å². The lowest BCUT2D eigenvalue weighted by Gasteiger charge is -2.41. The van der Waals surface area contributed by atoms with Crippen molar-refractivity contribution in [3.63, 3.8) is 0 Å². The van der Waals surface area contributed by atoms with Gasteiger partial charge >= 0.3 is 0 Å². The first-order chi connectivity index (χ1) is 18.1. The number of hydrogen-bond donors (Lipinski definition) is 3. The largest absolute Gasteiger partial charge is 0.390 e. The SMILES string of the molecule is CCS(=O)(=O)NC1CN(c2ccc(C(C)C)c3cc(Nc4ccnc(N5CCC(O)C(F)C5)n4)ncc23)C1. The third-order valence-corrected chi connectivity index (χ3v) is 8.62. The predicted molar refractivity (Wildman–Crippen MR) is 147 cm³/mol. The van der Waals surface area contributed by atoms with Crippen LogP contribution in [0, 0.1) is 0 Å². The third-order valence-electron chi connectivity index (χ3n) is 7.17. The van der Waals surface area contributed by atoms with Crippen molar-refractivity contribution in [3.8, 4) is 0 Å². The number of rotatable bonds is 8. The van der Waals surface area contributed by atoms with Crippen molar-refractivity contribution in [3.05, 3.63) is 42.2 Å². The number of pyridine rings is 1. The van der Waals surface area contributed by atoms with Gasteiger partial charge < -0.3 is 20.2 Å². The van der Waals surface area contributed by atoms with E-state index in [2.05, 4.69) is 55.9 Å². The minimum absolute atomic E-state index is 0.0522. The number of alkyl halides is 1. The van der Waals surface area contributed by atoms with E-state index in [0.29, 0.717) is 43.6 Å². The highest BCUT2D eigenvalue weighted by atomic mass is 32.2. The molecule has 2 fully saturated rings. The second kappa shape index (κ2) is 10.6. The highest BCUT2D eigenvalue weighted by molar-refractivity contribution is 7.89. The summed E-state index contributed by atoms with van der Waals surface area (Å²) in [5.41, 5.74) is 2.20. The van der Waals surface area contributed by atoms with Gasteiger partial charge in [-0.1, -0.05) is 19.9 Å². The Labute approximate surface area is 222 Å². The molecule has 2 atom stereocenters. The Hall–Kier alpha value is -3.09. The summed E-state index contributed by atoms with van der Waals surface area (Å²) in [6.45, 7) is 7.66. The van der Waals surface area contributed by atoms with E-state index in [4.69, 9.17) is 0 Å². The van der Waals surface area contributed by atoms with Crippen molar-refractivity contribution in [2.75, 3.05) is 47.0 Å². The molecule has 4 heterocycles. The smallest absolute Gasteiger partial charge is 0.227 e. The van der Waals surface area contributed by atoms with E-state index in [0.717, 1.165) is 16.5 Å². The van der Waals surface area contributed by atoms with Crippen molar-refractivity contribution in [1.29, 1.82) is 0 Å². The summed E-state index contributed by atoms with van der Waals surface area (Å²) in [6, 6.07) is 7.84. The molecule has 2 aromatic heterocycles. The van der Waals surface area contributed by atoms with Crippen LogP contribution in [0.1, 0.15) is 38.7 Å². The van der Waals surface area contributed by atoms with Gasteiger partial charge in [0.2, 0.25) is 16.0 Å². The van der Waals surface area contributed by atoms with E-state index in [1.165, 1.54) is 5.56 Å². The molecule has 3 aromatic rings. The summed E-state index contributed by atoms with van der Waals surface area (Å²) in [6.07, 6.45) is 1.51. The maximum atomic E-state index is 14.0. The van der Waals surface area contributed by atoms with Crippen LogP contribution in [0.25, 0.3) is 10.8 Å². The average Bonchev–Trinajstić information content (AvgIpc) is 2.87. The van der Waals surface area contributed by atoms with Gasteiger partial charge in [-0.05, 0) is 48.4 Å². The molecule has 10 nitrogen and oxygen atoms in total.